The lowest BCUT2D eigenvalue weighted by molar-refractivity contribution is -0.136. The summed E-state index contributed by atoms with van der Waals surface area (Å²) in [6.45, 7) is 1.56. The van der Waals surface area contributed by atoms with Crippen molar-refractivity contribution in [2.75, 3.05) is 0 Å². The number of hydrogen-bond donors (Lipinski definition) is 1. The third-order valence-corrected chi connectivity index (χ3v) is 0.883. The lowest BCUT2D eigenvalue weighted by atomic mass is 10.2. The van der Waals surface area contributed by atoms with Gasteiger partial charge in [-0.1, -0.05) is 0 Å². The summed E-state index contributed by atoms with van der Waals surface area (Å²) in [5, 5.41) is 0. The first-order chi connectivity index (χ1) is 3.92. The normalized spacial score (nSPS) is 14.1. The molecule has 0 aliphatic rings. The molecule has 0 saturated heterocycles. The summed E-state index contributed by atoms with van der Waals surface area (Å²) in [5.74, 6) is 0. The third-order valence-electron chi connectivity index (χ3n) is 0.883. The summed E-state index contributed by atoms with van der Waals surface area (Å²) < 4.78 is 34.1. The Balaban J connectivity index is 0. The van der Waals surface area contributed by atoms with Crippen molar-refractivity contribution >= 4 is 12.4 Å². The first-order valence-electron chi connectivity index (χ1n) is 2.74. The quantitative estimate of drug-likeness (QED) is 0.687. The standard InChI is InChI=1S/C5H10F3N.ClH/c1-4(9)2-3-5(6,7)8;/h4H,2-3,9H2,1H3;1H. The summed E-state index contributed by atoms with van der Waals surface area (Å²) in [4.78, 5) is 0. The average Bonchev–Trinajstić information content (AvgIpc) is 1.59. The van der Waals surface area contributed by atoms with Crippen molar-refractivity contribution in [1.29, 1.82) is 0 Å². The van der Waals surface area contributed by atoms with Crippen LogP contribution in [0.25, 0.3) is 0 Å². The molecule has 0 rings (SSSR count). The molecular formula is C5H11ClF3N. The van der Waals surface area contributed by atoms with E-state index in [9.17, 15) is 13.2 Å². The lowest BCUT2D eigenvalue weighted by Gasteiger charge is -2.07. The largest absolute Gasteiger partial charge is 0.389 e. The molecule has 0 radical (unpaired) electrons. The fourth-order valence-corrected chi connectivity index (χ4v) is 0.391. The first kappa shape index (κ1) is 12.7. The molecule has 0 aliphatic heterocycles. The molecule has 0 saturated carbocycles. The van der Waals surface area contributed by atoms with E-state index in [1.165, 1.54) is 0 Å². The molecule has 0 fully saturated rings. The van der Waals surface area contributed by atoms with Crippen molar-refractivity contribution in [3.8, 4) is 0 Å². The van der Waals surface area contributed by atoms with E-state index < -0.39 is 12.6 Å². The van der Waals surface area contributed by atoms with E-state index in [1.807, 2.05) is 0 Å². The van der Waals surface area contributed by atoms with E-state index in [0.29, 0.717) is 0 Å². The maximum Gasteiger partial charge on any atom is 0.389 e. The Labute approximate surface area is 64.2 Å². The molecular weight excluding hydrogens is 167 g/mol. The van der Waals surface area contributed by atoms with Crippen molar-refractivity contribution in [2.24, 2.45) is 5.73 Å². The summed E-state index contributed by atoms with van der Waals surface area (Å²) in [6.07, 6.45) is -4.80. The van der Waals surface area contributed by atoms with E-state index in [0.717, 1.165) is 0 Å². The Bertz CT molecular complexity index is 81.5. The van der Waals surface area contributed by atoms with Gasteiger partial charge in [-0.3, -0.25) is 0 Å². The van der Waals surface area contributed by atoms with Crippen LogP contribution in [0.4, 0.5) is 13.2 Å². The van der Waals surface area contributed by atoms with Gasteiger partial charge in [-0.05, 0) is 13.3 Å². The van der Waals surface area contributed by atoms with Gasteiger partial charge < -0.3 is 5.73 Å². The zero-order valence-corrected chi connectivity index (χ0v) is 6.43. The van der Waals surface area contributed by atoms with Crippen molar-refractivity contribution in [2.45, 2.75) is 32.0 Å². The van der Waals surface area contributed by atoms with Gasteiger partial charge in [0.15, 0.2) is 0 Å². The van der Waals surface area contributed by atoms with Crippen LogP contribution in [0.3, 0.4) is 0 Å². The first-order valence-corrected chi connectivity index (χ1v) is 2.74. The summed E-state index contributed by atoms with van der Waals surface area (Å²) in [7, 11) is 0. The van der Waals surface area contributed by atoms with Gasteiger partial charge in [0.05, 0.1) is 0 Å². The molecule has 2 N–H and O–H groups in total. The highest BCUT2D eigenvalue weighted by Gasteiger charge is 2.26. The van der Waals surface area contributed by atoms with Crippen LogP contribution < -0.4 is 5.73 Å². The van der Waals surface area contributed by atoms with E-state index in [-0.39, 0.29) is 24.9 Å². The number of alkyl halides is 3. The van der Waals surface area contributed by atoms with Gasteiger partial charge in [0.1, 0.15) is 0 Å². The van der Waals surface area contributed by atoms with Gasteiger partial charge in [0.25, 0.3) is 0 Å². The van der Waals surface area contributed by atoms with E-state index in [4.69, 9.17) is 5.73 Å². The Kier molecular flexibility index (Phi) is 6.09. The van der Waals surface area contributed by atoms with Crippen LogP contribution >= 0.6 is 12.4 Å². The van der Waals surface area contributed by atoms with E-state index in [1.54, 1.807) is 6.92 Å². The second kappa shape index (κ2) is 4.79. The van der Waals surface area contributed by atoms with Crippen LogP contribution in [0.15, 0.2) is 0 Å². The zero-order chi connectivity index (χ0) is 7.49. The summed E-state index contributed by atoms with van der Waals surface area (Å²) >= 11 is 0. The van der Waals surface area contributed by atoms with Gasteiger partial charge >= 0.3 is 6.18 Å². The molecule has 64 valence electrons. The Hall–Kier alpha value is 0.0400. The van der Waals surface area contributed by atoms with Crippen LogP contribution in [0.1, 0.15) is 19.8 Å². The highest BCUT2D eigenvalue weighted by molar-refractivity contribution is 5.85. The third kappa shape index (κ3) is 10.9. The van der Waals surface area contributed by atoms with Crippen molar-refractivity contribution in [3.05, 3.63) is 0 Å². The number of rotatable bonds is 2. The lowest BCUT2D eigenvalue weighted by Crippen LogP contribution is -2.18. The highest BCUT2D eigenvalue weighted by Crippen LogP contribution is 2.21. The van der Waals surface area contributed by atoms with Crippen molar-refractivity contribution in [1.82, 2.24) is 0 Å². The van der Waals surface area contributed by atoms with Crippen LogP contribution in [0.2, 0.25) is 0 Å². The van der Waals surface area contributed by atoms with Crippen LogP contribution in [-0.2, 0) is 0 Å². The van der Waals surface area contributed by atoms with Crippen LogP contribution in [-0.4, -0.2) is 12.2 Å². The van der Waals surface area contributed by atoms with Gasteiger partial charge in [0.2, 0.25) is 0 Å². The van der Waals surface area contributed by atoms with Gasteiger partial charge in [-0.25, -0.2) is 0 Å². The maximum atomic E-state index is 11.4. The predicted octanol–water partition coefficient (Wildman–Crippen LogP) is 2.10. The molecule has 1 unspecified atom stereocenters. The molecule has 0 aromatic carbocycles. The smallest absolute Gasteiger partial charge is 0.328 e. The van der Waals surface area contributed by atoms with E-state index in [2.05, 4.69) is 0 Å². The van der Waals surface area contributed by atoms with Gasteiger partial charge in [0, 0.05) is 12.5 Å². The predicted molar refractivity (Wildman–Crippen MR) is 36.2 cm³/mol. The molecule has 1 atom stereocenters. The number of halogens is 4. The SMILES string of the molecule is CC(N)CCC(F)(F)F.Cl. The van der Waals surface area contributed by atoms with Crippen molar-refractivity contribution in [3.63, 3.8) is 0 Å². The Morgan fingerprint density at radius 3 is 1.90 bits per heavy atom. The second-order valence-corrected chi connectivity index (χ2v) is 2.13. The molecule has 5 heteroatoms. The number of hydrogen-bond acceptors (Lipinski definition) is 1. The monoisotopic (exact) mass is 177 g/mol. The van der Waals surface area contributed by atoms with Crippen LogP contribution in [0.5, 0.6) is 0 Å². The molecule has 0 aromatic rings. The molecule has 1 nitrogen and oxygen atoms in total. The molecule has 0 spiro atoms. The summed E-state index contributed by atoms with van der Waals surface area (Å²) in [5.41, 5.74) is 5.10. The fourth-order valence-electron chi connectivity index (χ4n) is 0.391. The van der Waals surface area contributed by atoms with Crippen LogP contribution in [0, 0.1) is 0 Å². The molecule has 0 amide bonds. The second-order valence-electron chi connectivity index (χ2n) is 2.13. The minimum absolute atomic E-state index is 0. The zero-order valence-electron chi connectivity index (χ0n) is 5.61. The maximum absolute atomic E-state index is 11.4. The average molecular weight is 178 g/mol. The van der Waals surface area contributed by atoms with Gasteiger partial charge in [-0.15, -0.1) is 12.4 Å². The van der Waals surface area contributed by atoms with Crippen molar-refractivity contribution < 1.29 is 13.2 Å². The Morgan fingerprint density at radius 1 is 1.40 bits per heavy atom. The fraction of sp³-hybridized carbons (Fsp3) is 1.00. The molecule has 0 bridgehead atoms. The number of nitrogens with two attached hydrogens (primary N) is 1. The summed E-state index contributed by atoms with van der Waals surface area (Å²) in [6, 6.07) is -0.355. The minimum Gasteiger partial charge on any atom is -0.328 e. The topological polar surface area (TPSA) is 26.0 Å². The van der Waals surface area contributed by atoms with E-state index >= 15 is 0 Å². The Morgan fingerprint density at radius 2 is 1.80 bits per heavy atom. The molecule has 0 aromatic heterocycles. The molecule has 0 heterocycles. The molecule has 10 heavy (non-hydrogen) atoms. The van der Waals surface area contributed by atoms with Gasteiger partial charge in [-0.2, -0.15) is 13.2 Å². The molecule has 0 aliphatic carbocycles. The highest BCUT2D eigenvalue weighted by atomic mass is 35.5. The minimum atomic E-state index is -4.05.